The number of aromatic nitrogens is 6. The van der Waals surface area contributed by atoms with Gasteiger partial charge in [0.25, 0.3) is 0 Å². The first kappa shape index (κ1) is 33.7. The first-order valence-electron chi connectivity index (χ1n) is 18.3. The fourth-order valence-corrected chi connectivity index (χ4v) is 8.84. The van der Waals surface area contributed by atoms with Crippen LogP contribution in [0, 0.1) is 0 Å². The molecular weight excluding hydrogens is 725 g/mol. The van der Waals surface area contributed by atoms with Crippen molar-refractivity contribution in [3.8, 4) is 49.6 Å². The average molecular weight is 757 g/mol. The minimum absolute atomic E-state index is 0.612. The van der Waals surface area contributed by atoms with E-state index in [1.807, 2.05) is 85.8 Å². The molecule has 8 heteroatoms. The highest BCUT2D eigenvalue weighted by Crippen LogP contribution is 2.37. The van der Waals surface area contributed by atoms with Gasteiger partial charge in [-0.1, -0.05) is 116 Å². The van der Waals surface area contributed by atoms with Crippen molar-refractivity contribution in [2.24, 2.45) is 0 Å². The second kappa shape index (κ2) is 14.1. The lowest BCUT2D eigenvalue weighted by molar-refractivity contribution is 1.03. The Labute approximate surface area is 330 Å². The van der Waals surface area contributed by atoms with Gasteiger partial charge in [-0.25, -0.2) is 24.9 Å². The summed E-state index contributed by atoms with van der Waals surface area (Å²) in [5.74, 6) is 1.88. The van der Waals surface area contributed by atoms with Crippen LogP contribution in [0.5, 0.6) is 0 Å². The highest BCUT2D eigenvalue weighted by Gasteiger charge is 2.16. The van der Waals surface area contributed by atoms with Gasteiger partial charge in [-0.3, -0.25) is 0 Å². The van der Waals surface area contributed by atoms with E-state index in [0.717, 1.165) is 70.0 Å². The number of rotatable bonds is 7. The van der Waals surface area contributed by atoms with Crippen LogP contribution in [0.15, 0.2) is 158 Å². The lowest BCUT2D eigenvalue weighted by Crippen LogP contribution is -2.18. The van der Waals surface area contributed by atoms with Crippen molar-refractivity contribution < 1.29 is 0 Å². The zero-order valence-electron chi connectivity index (χ0n) is 30.3. The van der Waals surface area contributed by atoms with Crippen LogP contribution >= 0.6 is 22.7 Å². The second-order valence-corrected chi connectivity index (χ2v) is 15.6. The molecule has 0 aliphatic rings. The number of benzene rings is 6. The molecule has 0 saturated carbocycles. The number of hydrogen-bond donors (Lipinski definition) is 0. The van der Waals surface area contributed by atoms with E-state index in [0.29, 0.717) is 17.5 Å². The van der Waals surface area contributed by atoms with E-state index in [9.17, 15) is 0 Å². The number of hydrogen-bond acceptors (Lipinski definition) is 7. The molecule has 0 saturated heterocycles. The van der Waals surface area contributed by atoms with Crippen LogP contribution in [-0.2, 0) is 0 Å². The third-order valence-corrected chi connectivity index (χ3v) is 11.9. The van der Waals surface area contributed by atoms with Crippen molar-refractivity contribution >= 4 is 72.9 Å². The summed E-state index contributed by atoms with van der Waals surface area (Å²) in [4.78, 5) is 24.6. The van der Waals surface area contributed by atoms with E-state index >= 15 is 0 Å². The third-order valence-electron chi connectivity index (χ3n) is 9.84. The van der Waals surface area contributed by atoms with Crippen LogP contribution < -0.4 is 9.88 Å². The standard InChI is InChI=1S/C48H32N6S2/c1-30(44-51-45(32-14-5-3-6-15-32)53-46(52-44)33-16-7-4-8-17-33)24-26-39-31(2)55-47(49-39)34-18-13-19-36(28-34)54-41-22-11-9-20-37(41)38-29-35(25-27-42(38)54)48-50-40-21-10-12-23-43(40)56-48/h3-29H,2H2,1H3/b30-24+,39-26+. The van der Waals surface area contributed by atoms with Gasteiger partial charge in [0.15, 0.2) is 17.5 Å². The number of nitrogens with zero attached hydrogens (tertiary/aromatic N) is 6. The van der Waals surface area contributed by atoms with Gasteiger partial charge >= 0.3 is 0 Å². The van der Waals surface area contributed by atoms with Crippen molar-refractivity contribution in [1.29, 1.82) is 0 Å². The predicted octanol–water partition coefficient (Wildman–Crippen LogP) is 11.0. The van der Waals surface area contributed by atoms with Crippen molar-refractivity contribution in [3.63, 3.8) is 0 Å². The first-order valence-corrected chi connectivity index (χ1v) is 19.9. The van der Waals surface area contributed by atoms with E-state index in [2.05, 4.69) is 96.1 Å². The Morgan fingerprint density at radius 1 is 0.554 bits per heavy atom. The Bertz CT molecular complexity index is 3140. The Balaban J connectivity index is 1.01. The molecule has 0 unspecified atom stereocenters. The molecule has 0 amide bonds. The van der Waals surface area contributed by atoms with Crippen molar-refractivity contribution in [1.82, 2.24) is 29.5 Å². The van der Waals surface area contributed by atoms with Crippen LogP contribution in [-0.4, -0.2) is 29.5 Å². The van der Waals surface area contributed by atoms with Crippen LogP contribution in [0.2, 0.25) is 0 Å². The fourth-order valence-electron chi connectivity index (χ4n) is 7.04. The summed E-state index contributed by atoms with van der Waals surface area (Å²) in [5.41, 5.74) is 9.32. The number of thiazole rings is 2. The predicted molar refractivity (Wildman–Crippen MR) is 234 cm³/mol. The zero-order chi connectivity index (χ0) is 37.6. The monoisotopic (exact) mass is 756 g/mol. The molecule has 0 radical (unpaired) electrons. The van der Waals surface area contributed by atoms with Gasteiger partial charge in [-0.15, -0.1) is 22.7 Å². The van der Waals surface area contributed by atoms with E-state index in [4.69, 9.17) is 24.9 Å². The molecule has 0 bridgehead atoms. The summed E-state index contributed by atoms with van der Waals surface area (Å²) < 4.78 is 4.43. The number of para-hydroxylation sites is 2. The van der Waals surface area contributed by atoms with E-state index in [-0.39, 0.29) is 0 Å². The molecule has 0 fully saturated rings. The Kier molecular flexibility index (Phi) is 8.47. The molecule has 10 aromatic rings. The smallest absolute Gasteiger partial charge is 0.164 e. The number of allylic oxidation sites excluding steroid dienone is 2. The summed E-state index contributed by atoms with van der Waals surface area (Å²) in [6.45, 7) is 6.39. The minimum Gasteiger partial charge on any atom is -0.309 e. The molecule has 6 aromatic carbocycles. The molecule has 0 N–H and O–H groups in total. The molecule has 6 nitrogen and oxygen atoms in total. The van der Waals surface area contributed by atoms with Crippen molar-refractivity contribution in [3.05, 3.63) is 173 Å². The SMILES string of the molecule is C=c1sc(-c2cccc(-n3c4ccccc4c4cc(-c5nc6ccccc6s5)ccc43)c2)n/c1=C/C=C(\C)c1nc(-c2ccccc2)nc(-c2ccccc2)n1. The van der Waals surface area contributed by atoms with Crippen LogP contribution in [0.4, 0.5) is 0 Å². The summed E-state index contributed by atoms with van der Waals surface area (Å²) >= 11 is 3.32. The van der Waals surface area contributed by atoms with E-state index in [1.54, 1.807) is 22.7 Å². The van der Waals surface area contributed by atoms with Gasteiger partial charge in [-0.05, 0) is 67.1 Å². The van der Waals surface area contributed by atoms with E-state index < -0.39 is 0 Å². The van der Waals surface area contributed by atoms with Gasteiger partial charge in [0.1, 0.15) is 10.0 Å². The van der Waals surface area contributed by atoms with Crippen LogP contribution in [0.25, 0.3) is 99.9 Å². The summed E-state index contributed by atoms with van der Waals surface area (Å²) in [6, 6.07) is 52.2. The largest absolute Gasteiger partial charge is 0.309 e. The Morgan fingerprint density at radius 3 is 1.96 bits per heavy atom. The second-order valence-electron chi connectivity index (χ2n) is 13.5. The van der Waals surface area contributed by atoms with Crippen LogP contribution in [0.1, 0.15) is 12.7 Å². The normalized spacial score (nSPS) is 12.3. The third kappa shape index (κ3) is 6.21. The highest BCUT2D eigenvalue weighted by molar-refractivity contribution is 7.21. The maximum atomic E-state index is 5.07. The molecule has 0 spiro atoms. The van der Waals surface area contributed by atoms with Crippen LogP contribution in [0.3, 0.4) is 0 Å². The number of fused-ring (bicyclic) bond motifs is 4. The molecular formula is C48H32N6S2. The van der Waals surface area contributed by atoms with Crippen molar-refractivity contribution in [2.45, 2.75) is 6.92 Å². The Morgan fingerprint density at radius 2 is 1.20 bits per heavy atom. The highest BCUT2D eigenvalue weighted by atomic mass is 32.1. The zero-order valence-corrected chi connectivity index (χ0v) is 31.9. The molecule has 266 valence electrons. The topological polar surface area (TPSA) is 69.4 Å². The molecule has 4 aromatic heterocycles. The van der Waals surface area contributed by atoms with Gasteiger partial charge < -0.3 is 4.57 Å². The molecule has 56 heavy (non-hydrogen) atoms. The molecule has 0 atom stereocenters. The van der Waals surface area contributed by atoms with Gasteiger partial charge in [0.05, 0.1) is 26.6 Å². The summed E-state index contributed by atoms with van der Waals surface area (Å²) in [5, 5.41) is 5.15. The maximum absolute atomic E-state index is 5.07. The van der Waals surface area contributed by atoms with E-state index in [1.165, 1.54) is 15.5 Å². The fraction of sp³-hybridized carbons (Fsp3) is 0.0208. The van der Waals surface area contributed by atoms with Gasteiger partial charge in [-0.2, -0.15) is 0 Å². The Hall–Kier alpha value is -6.87. The van der Waals surface area contributed by atoms with Crippen molar-refractivity contribution in [2.75, 3.05) is 0 Å². The average Bonchev–Trinajstić information content (AvgIpc) is 3.96. The van der Waals surface area contributed by atoms with Gasteiger partial charge in [0, 0.05) is 43.2 Å². The molecule has 4 heterocycles. The minimum atomic E-state index is 0.612. The summed E-state index contributed by atoms with van der Waals surface area (Å²) in [7, 11) is 0. The molecule has 0 aliphatic carbocycles. The first-order chi connectivity index (χ1) is 27.6. The lowest BCUT2D eigenvalue weighted by Gasteiger charge is -2.09. The quantitative estimate of drug-likeness (QED) is 0.162. The molecule has 0 aliphatic heterocycles. The summed E-state index contributed by atoms with van der Waals surface area (Å²) in [6.07, 6.45) is 4.02. The lowest BCUT2D eigenvalue weighted by atomic mass is 10.1. The maximum Gasteiger partial charge on any atom is 0.164 e. The van der Waals surface area contributed by atoms with Gasteiger partial charge in [0.2, 0.25) is 0 Å². The molecule has 10 rings (SSSR count).